The van der Waals surface area contributed by atoms with E-state index in [0.29, 0.717) is 21.8 Å². The maximum Gasteiger partial charge on any atom is 0.236 e. The number of carbonyl (C=O) groups is 1. The molecule has 1 aromatic carbocycles. The highest BCUT2D eigenvalue weighted by Crippen LogP contribution is 2.33. The molecule has 1 amide bonds. The van der Waals surface area contributed by atoms with Crippen molar-refractivity contribution in [3.63, 3.8) is 0 Å². The van der Waals surface area contributed by atoms with Crippen LogP contribution in [-0.2, 0) is 11.8 Å². The largest absolute Gasteiger partial charge is 0.493 e. The molecule has 0 fully saturated rings. The Morgan fingerprint density at radius 2 is 2.12 bits per heavy atom. The lowest BCUT2D eigenvalue weighted by molar-refractivity contribution is -0.113. The highest BCUT2D eigenvalue weighted by Gasteiger charge is 2.12. The van der Waals surface area contributed by atoms with Gasteiger partial charge in [0.15, 0.2) is 21.8 Å². The fourth-order valence-electron chi connectivity index (χ4n) is 2.15. The second-order valence-corrected chi connectivity index (χ2v) is 6.97. The van der Waals surface area contributed by atoms with E-state index in [4.69, 9.17) is 9.47 Å². The molecule has 3 aromatic rings. The smallest absolute Gasteiger partial charge is 0.236 e. The number of carbonyl (C=O) groups excluding carboxylic acids is 1. The van der Waals surface area contributed by atoms with Gasteiger partial charge in [0.25, 0.3) is 0 Å². The number of benzene rings is 1. The molecule has 0 aliphatic heterocycles. The van der Waals surface area contributed by atoms with Crippen LogP contribution in [0, 0.1) is 0 Å². The molecule has 0 unspecified atom stereocenters. The Labute approximate surface area is 158 Å². The number of nitrogens with zero attached hydrogens (tertiary/aromatic N) is 4. The zero-order valence-corrected chi connectivity index (χ0v) is 16.1. The summed E-state index contributed by atoms with van der Waals surface area (Å²) < 4.78 is 12.3. The van der Waals surface area contributed by atoms with Gasteiger partial charge in [0.05, 0.1) is 25.7 Å². The number of anilines is 1. The van der Waals surface area contributed by atoms with Crippen LogP contribution in [0.2, 0.25) is 0 Å². The summed E-state index contributed by atoms with van der Waals surface area (Å²) in [5.41, 5.74) is 1.64. The summed E-state index contributed by atoms with van der Waals surface area (Å²) in [6.07, 6.45) is 1.59. The number of aryl methyl sites for hydroxylation is 1. The van der Waals surface area contributed by atoms with E-state index in [1.54, 1.807) is 25.1 Å². The topological polar surface area (TPSA) is 91.2 Å². The number of nitrogens with one attached hydrogen (secondary N) is 1. The molecule has 0 saturated carbocycles. The molecule has 0 aliphatic rings. The molecule has 0 aliphatic carbocycles. The molecule has 0 spiro atoms. The van der Waals surface area contributed by atoms with E-state index in [2.05, 4.69) is 20.5 Å². The standard InChI is InChI=1S/C16H17N5O3S2/c1-21-9-17-20-16(21)26-8-14(22)19-15-18-11(7-25-15)10-4-5-12(23-2)13(6-10)24-3/h4-7,9H,8H2,1-3H3,(H,18,19,22). The summed E-state index contributed by atoms with van der Waals surface area (Å²) in [6.45, 7) is 0. The minimum Gasteiger partial charge on any atom is -0.493 e. The average Bonchev–Trinajstić information content (AvgIpc) is 3.28. The Balaban J connectivity index is 1.64. The molecule has 136 valence electrons. The van der Waals surface area contributed by atoms with Crippen molar-refractivity contribution < 1.29 is 14.3 Å². The lowest BCUT2D eigenvalue weighted by atomic mass is 10.1. The van der Waals surface area contributed by atoms with Crippen LogP contribution in [0.5, 0.6) is 11.5 Å². The van der Waals surface area contributed by atoms with Crippen molar-refractivity contribution in [2.45, 2.75) is 5.16 Å². The molecular formula is C16H17N5O3S2. The minimum atomic E-state index is -0.147. The molecule has 8 nitrogen and oxygen atoms in total. The number of ether oxygens (including phenoxy) is 2. The molecule has 3 rings (SSSR count). The predicted octanol–water partition coefficient (Wildman–Crippen LogP) is 2.69. The number of thiazole rings is 1. The summed E-state index contributed by atoms with van der Waals surface area (Å²) >= 11 is 2.68. The van der Waals surface area contributed by atoms with E-state index in [1.165, 1.54) is 23.1 Å². The summed E-state index contributed by atoms with van der Waals surface area (Å²) in [4.78, 5) is 16.6. The Hall–Kier alpha value is -2.59. The summed E-state index contributed by atoms with van der Waals surface area (Å²) in [5, 5.41) is 13.6. The molecule has 0 bridgehead atoms. The van der Waals surface area contributed by atoms with E-state index in [9.17, 15) is 4.79 Å². The Morgan fingerprint density at radius 1 is 1.31 bits per heavy atom. The monoisotopic (exact) mass is 391 g/mol. The van der Waals surface area contributed by atoms with E-state index in [1.807, 2.05) is 30.6 Å². The summed E-state index contributed by atoms with van der Waals surface area (Å²) in [5.74, 6) is 1.37. The van der Waals surface area contributed by atoms with E-state index < -0.39 is 0 Å². The first-order valence-electron chi connectivity index (χ1n) is 7.55. The van der Waals surface area contributed by atoms with Crippen LogP contribution >= 0.6 is 23.1 Å². The first-order chi connectivity index (χ1) is 12.6. The van der Waals surface area contributed by atoms with Gasteiger partial charge in [-0.05, 0) is 18.2 Å². The van der Waals surface area contributed by atoms with Crippen molar-refractivity contribution in [2.24, 2.45) is 7.05 Å². The van der Waals surface area contributed by atoms with Gasteiger partial charge in [-0.1, -0.05) is 11.8 Å². The van der Waals surface area contributed by atoms with Gasteiger partial charge < -0.3 is 19.4 Å². The van der Waals surface area contributed by atoms with Gasteiger partial charge in [-0.3, -0.25) is 4.79 Å². The maximum atomic E-state index is 12.1. The Bertz CT molecular complexity index is 909. The third-order valence-corrected chi connectivity index (χ3v) is 5.22. The number of aromatic nitrogens is 4. The van der Waals surface area contributed by atoms with E-state index >= 15 is 0 Å². The first kappa shape index (κ1) is 18.2. The van der Waals surface area contributed by atoms with Crippen LogP contribution in [0.15, 0.2) is 35.1 Å². The SMILES string of the molecule is COc1ccc(-c2csc(NC(=O)CSc3nncn3C)n2)cc1OC. The quantitative estimate of drug-likeness (QED) is 0.619. The van der Waals surface area contributed by atoms with Crippen molar-refractivity contribution in [3.8, 4) is 22.8 Å². The highest BCUT2D eigenvalue weighted by molar-refractivity contribution is 7.99. The Kier molecular flexibility index (Phi) is 5.74. The van der Waals surface area contributed by atoms with Crippen molar-refractivity contribution in [2.75, 3.05) is 25.3 Å². The Morgan fingerprint density at radius 3 is 2.81 bits per heavy atom. The molecule has 26 heavy (non-hydrogen) atoms. The van der Waals surface area contributed by atoms with Crippen molar-refractivity contribution >= 4 is 34.1 Å². The van der Waals surface area contributed by atoms with Gasteiger partial charge in [-0.15, -0.1) is 21.5 Å². The zero-order chi connectivity index (χ0) is 18.5. The van der Waals surface area contributed by atoms with Crippen LogP contribution in [0.3, 0.4) is 0 Å². The van der Waals surface area contributed by atoms with Crippen molar-refractivity contribution in [3.05, 3.63) is 29.9 Å². The molecule has 1 N–H and O–H groups in total. The highest BCUT2D eigenvalue weighted by atomic mass is 32.2. The minimum absolute atomic E-state index is 0.147. The molecule has 0 radical (unpaired) electrons. The van der Waals surface area contributed by atoms with Gasteiger partial charge in [0, 0.05) is 18.0 Å². The lowest BCUT2D eigenvalue weighted by Crippen LogP contribution is -2.14. The van der Waals surface area contributed by atoms with Crippen molar-refractivity contribution in [1.82, 2.24) is 19.7 Å². The number of thioether (sulfide) groups is 1. The second kappa shape index (κ2) is 8.19. The lowest BCUT2D eigenvalue weighted by Gasteiger charge is -2.08. The van der Waals surface area contributed by atoms with Gasteiger partial charge in [-0.25, -0.2) is 4.98 Å². The number of methoxy groups -OCH3 is 2. The van der Waals surface area contributed by atoms with Crippen LogP contribution in [0.1, 0.15) is 0 Å². The van der Waals surface area contributed by atoms with Gasteiger partial charge in [-0.2, -0.15) is 0 Å². The third kappa shape index (κ3) is 4.14. The van der Waals surface area contributed by atoms with Gasteiger partial charge in [0.2, 0.25) is 5.91 Å². The first-order valence-corrected chi connectivity index (χ1v) is 9.42. The molecule has 10 heteroatoms. The second-order valence-electron chi connectivity index (χ2n) is 5.17. The summed E-state index contributed by atoms with van der Waals surface area (Å²) in [7, 11) is 5.01. The zero-order valence-electron chi connectivity index (χ0n) is 14.4. The number of amides is 1. The molecule has 0 atom stereocenters. The number of hydrogen-bond acceptors (Lipinski definition) is 8. The van der Waals surface area contributed by atoms with Crippen LogP contribution in [-0.4, -0.2) is 45.6 Å². The van der Waals surface area contributed by atoms with E-state index in [-0.39, 0.29) is 11.7 Å². The maximum absolute atomic E-state index is 12.1. The molecular weight excluding hydrogens is 374 g/mol. The summed E-state index contributed by atoms with van der Waals surface area (Å²) in [6, 6.07) is 5.57. The average molecular weight is 391 g/mol. The third-order valence-electron chi connectivity index (χ3n) is 3.43. The fraction of sp³-hybridized carbons (Fsp3) is 0.250. The molecule has 0 saturated heterocycles. The molecule has 2 aromatic heterocycles. The predicted molar refractivity (Wildman–Crippen MR) is 101 cm³/mol. The normalized spacial score (nSPS) is 10.6. The van der Waals surface area contributed by atoms with Crippen LogP contribution in [0.25, 0.3) is 11.3 Å². The van der Waals surface area contributed by atoms with Gasteiger partial charge >= 0.3 is 0 Å². The van der Waals surface area contributed by atoms with Crippen molar-refractivity contribution in [1.29, 1.82) is 0 Å². The number of hydrogen-bond donors (Lipinski definition) is 1. The van der Waals surface area contributed by atoms with Gasteiger partial charge in [0.1, 0.15) is 6.33 Å². The van der Waals surface area contributed by atoms with E-state index in [0.717, 1.165) is 11.3 Å². The molecule has 2 heterocycles. The van der Waals surface area contributed by atoms with Crippen LogP contribution < -0.4 is 14.8 Å². The fourth-order valence-corrected chi connectivity index (χ4v) is 3.57. The number of rotatable bonds is 7. The van der Waals surface area contributed by atoms with Crippen LogP contribution in [0.4, 0.5) is 5.13 Å².